The van der Waals surface area contributed by atoms with Crippen LogP contribution in [0.25, 0.3) is 0 Å². The number of nitrogens with zero attached hydrogens (tertiary/aromatic N) is 3. The van der Waals surface area contributed by atoms with E-state index in [-0.39, 0.29) is 116 Å². The SMILES string of the molecule is CO[C@@H]1COCC[C@@H]1N[C@@H]1CC[C@](CCCNC(=O)C2CCC(NC(=O)CCCC(=O)NCCCC(=O)NCCCNC(=O)[C@H]3CC(=O)N(C)[C@@H]3C)CC2)(C(=O)N2CCc3ncc(C(F)(F)F)cc3C2)C1. The van der Waals surface area contributed by atoms with Crippen LogP contribution < -0.4 is 31.9 Å². The van der Waals surface area contributed by atoms with Crippen molar-refractivity contribution in [3.63, 3.8) is 0 Å². The van der Waals surface area contributed by atoms with E-state index >= 15 is 0 Å². The molecule has 6 atom stereocenters. The van der Waals surface area contributed by atoms with Crippen LogP contribution in [0.4, 0.5) is 13.2 Å². The summed E-state index contributed by atoms with van der Waals surface area (Å²) in [5, 5.41) is 18.3. The number of halogens is 3. The summed E-state index contributed by atoms with van der Waals surface area (Å²) < 4.78 is 52.0. The van der Waals surface area contributed by atoms with Gasteiger partial charge >= 0.3 is 6.18 Å². The molecule has 0 unspecified atom stereocenters. The van der Waals surface area contributed by atoms with E-state index in [2.05, 4.69) is 36.9 Å². The molecule has 3 aliphatic heterocycles. The van der Waals surface area contributed by atoms with E-state index in [0.29, 0.717) is 134 Å². The van der Waals surface area contributed by atoms with Gasteiger partial charge in [-0.15, -0.1) is 0 Å². The number of fused-ring (bicyclic) bond motifs is 1. The van der Waals surface area contributed by atoms with E-state index in [1.807, 2.05) is 6.92 Å². The number of hydrogen-bond acceptors (Lipinski definition) is 11. The van der Waals surface area contributed by atoms with Crippen LogP contribution in [0.1, 0.15) is 133 Å². The number of carbonyl (C=O) groups excluding carboxylic acids is 7. The Morgan fingerprint density at radius 2 is 1.52 bits per heavy atom. The van der Waals surface area contributed by atoms with E-state index in [1.54, 1.807) is 24.0 Å². The number of ether oxygens (including phenoxy) is 2. The highest BCUT2D eigenvalue weighted by Gasteiger charge is 2.48. The van der Waals surface area contributed by atoms with Crippen molar-refractivity contribution in [3.05, 3.63) is 29.1 Å². The molecule has 71 heavy (non-hydrogen) atoms. The van der Waals surface area contributed by atoms with Crippen molar-refractivity contribution in [2.24, 2.45) is 17.3 Å². The number of rotatable bonds is 23. The average molecular weight is 1000 g/mol. The van der Waals surface area contributed by atoms with Crippen molar-refractivity contribution in [2.45, 2.75) is 165 Å². The van der Waals surface area contributed by atoms with Crippen LogP contribution in [0.5, 0.6) is 0 Å². The quantitative estimate of drug-likeness (QED) is 0.0874. The summed E-state index contributed by atoms with van der Waals surface area (Å²) in [5.74, 6) is -1.39. The molecule has 4 heterocycles. The Labute approximate surface area is 415 Å². The Bertz CT molecular complexity index is 2020. The van der Waals surface area contributed by atoms with E-state index in [1.165, 1.54) is 0 Å². The van der Waals surface area contributed by atoms with Crippen LogP contribution >= 0.6 is 0 Å². The molecular formula is C50H76F3N9O9. The molecule has 0 radical (unpaired) electrons. The number of likely N-dealkylation sites (tertiary alicyclic amines) is 1. The second-order valence-corrected chi connectivity index (χ2v) is 20.3. The highest BCUT2D eigenvalue weighted by Crippen LogP contribution is 2.45. The Morgan fingerprint density at radius 3 is 2.23 bits per heavy atom. The zero-order valence-corrected chi connectivity index (χ0v) is 41.7. The molecule has 5 aliphatic rings. The molecule has 6 rings (SSSR count). The number of aromatic nitrogens is 1. The molecule has 2 aliphatic carbocycles. The van der Waals surface area contributed by atoms with Gasteiger partial charge in [-0.1, -0.05) is 0 Å². The first-order chi connectivity index (χ1) is 34.0. The molecule has 0 spiro atoms. The maximum atomic E-state index is 14.5. The molecular weight excluding hydrogens is 928 g/mol. The number of nitrogens with one attached hydrogen (secondary N) is 6. The predicted octanol–water partition coefficient (Wildman–Crippen LogP) is 3.04. The van der Waals surface area contributed by atoms with Crippen LogP contribution in [0.15, 0.2) is 12.3 Å². The first kappa shape index (κ1) is 55.4. The van der Waals surface area contributed by atoms with Gasteiger partial charge in [-0.05, 0) is 102 Å². The van der Waals surface area contributed by atoms with Crippen molar-refractivity contribution in [2.75, 3.05) is 60.1 Å². The van der Waals surface area contributed by atoms with Gasteiger partial charge in [0.1, 0.15) is 0 Å². The van der Waals surface area contributed by atoms with Gasteiger partial charge < -0.3 is 51.2 Å². The van der Waals surface area contributed by atoms with Crippen LogP contribution in [-0.2, 0) is 62.2 Å². The van der Waals surface area contributed by atoms with E-state index in [9.17, 15) is 46.7 Å². The van der Waals surface area contributed by atoms with E-state index in [0.717, 1.165) is 25.1 Å². The monoisotopic (exact) mass is 1000 g/mol. The lowest BCUT2D eigenvalue weighted by Crippen LogP contribution is -2.51. The Hall–Kier alpha value is -4.89. The molecule has 0 bridgehead atoms. The topological polar surface area (TPSA) is 230 Å². The van der Waals surface area contributed by atoms with Crippen molar-refractivity contribution in [1.29, 1.82) is 0 Å². The lowest BCUT2D eigenvalue weighted by atomic mass is 9.79. The molecule has 1 aromatic heterocycles. The molecule has 6 N–H and O–H groups in total. The summed E-state index contributed by atoms with van der Waals surface area (Å²) in [6.07, 6.45) is 5.11. The summed E-state index contributed by atoms with van der Waals surface area (Å²) in [5.41, 5.74) is -0.574. The van der Waals surface area contributed by atoms with Crippen molar-refractivity contribution in [1.82, 2.24) is 46.7 Å². The Morgan fingerprint density at radius 1 is 0.845 bits per heavy atom. The number of methoxy groups -OCH3 is 1. The third-order valence-corrected chi connectivity index (χ3v) is 15.4. The fourth-order valence-corrected chi connectivity index (χ4v) is 10.9. The molecule has 0 aromatic carbocycles. The van der Waals surface area contributed by atoms with Gasteiger partial charge in [0.05, 0.1) is 29.6 Å². The Kier molecular flexibility index (Phi) is 20.4. The number of amides is 7. The minimum Gasteiger partial charge on any atom is -0.379 e. The van der Waals surface area contributed by atoms with E-state index in [4.69, 9.17) is 9.47 Å². The standard InChI is InChI=1S/C50H76F3N9O9/c1-32-38(27-45(66)61(32)2)47(68)57-23-7-22-55-43(64)10-5-20-54-42(63)8-4-9-44(65)60-36-13-11-33(12-14-36)46(67)56-21-6-18-49(19-15-37(28-49)59-40-17-25-71-31-41(40)70-3)48(69)62-24-16-39-34(30-62)26-35(29-58-39)50(51,52)53/h26,29,32-33,36-38,40-41,59H,4-25,27-28,30-31H2,1-3H3,(H,54,63)(H,55,64)(H,56,67)(H,57,68)(H,60,65)/t32-,33?,36?,37-,38+,40+,41-,49+/m1/s1. The largest absolute Gasteiger partial charge is 0.417 e. The molecule has 18 nitrogen and oxygen atoms in total. The fourth-order valence-electron chi connectivity index (χ4n) is 10.9. The molecule has 21 heteroatoms. The molecule has 7 amide bonds. The van der Waals surface area contributed by atoms with Gasteiger partial charge in [-0.2, -0.15) is 13.2 Å². The summed E-state index contributed by atoms with van der Waals surface area (Å²) >= 11 is 0. The lowest BCUT2D eigenvalue weighted by molar-refractivity contribution is -0.143. The van der Waals surface area contributed by atoms with Gasteiger partial charge in [0.15, 0.2) is 0 Å². The maximum Gasteiger partial charge on any atom is 0.417 e. The third kappa shape index (κ3) is 15.8. The van der Waals surface area contributed by atoms with Gasteiger partial charge in [-0.3, -0.25) is 38.5 Å². The fraction of sp³-hybridized carbons (Fsp3) is 0.760. The number of alkyl halides is 3. The molecule has 2 saturated carbocycles. The van der Waals surface area contributed by atoms with Gasteiger partial charge in [0.2, 0.25) is 41.4 Å². The first-order valence-corrected chi connectivity index (χ1v) is 25.8. The molecule has 4 fully saturated rings. The second-order valence-electron chi connectivity index (χ2n) is 20.3. The van der Waals surface area contributed by atoms with Crippen LogP contribution in [0, 0.1) is 17.3 Å². The van der Waals surface area contributed by atoms with Crippen LogP contribution in [0.2, 0.25) is 0 Å². The minimum atomic E-state index is -4.54. The molecule has 1 aromatic rings. The minimum absolute atomic E-state index is 0.0422. The smallest absolute Gasteiger partial charge is 0.379 e. The number of hydrogen-bond donors (Lipinski definition) is 6. The average Bonchev–Trinajstić information content (AvgIpc) is 3.89. The van der Waals surface area contributed by atoms with E-state index < -0.39 is 17.2 Å². The van der Waals surface area contributed by atoms with Crippen molar-refractivity contribution < 1.29 is 56.2 Å². The first-order valence-electron chi connectivity index (χ1n) is 25.8. The highest BCUT2D eigenvalue weighted by atomic mass is 19.4. The lowest BCUT2D eigenvalue weighted by Gasteiger charge is -2.38. The van der Waals surface area contributed by atoms with Crippen molar-refractivity contribution in [3.8, 4) is 0 Å². The molecule has 396 valence electrons. The zero-order chi connectivity index (χ0) is 51.1. The summed E-state index contributed by atoms with van der Waals surface area (Å²) in [4.78, 5) is 96.8. The summed E-state index contributed by atoms with van der Waals surface area (Å²) in [7, 11) is 3.35. The Balaban J connectivity index is 0.838. The normalized spacial score (nSPS) is 26.6. The van der Waals surface area contributed by atoms with Crippen LogP contribution in [-0.4, -0.2) is 147 Å². The van der Waals surface area contributed by atoms with Gasteiger partial charge in [0.25, 0.3) is 0 Å². The highest BCUT2D eigenvalue weighted by molar-refractivity contribution is 5.90. The predicted molar refractivity (Wildman–Crippen MR) is 255 cm³/mol. The summed E-state index contributed by atoms with van der Waals surface area (Å²) in [6.45, 7) is 4.88. The zero-order valence-electron chi connectivity index (χ0n) is 41.7. The molecule has 2 saturated heterocycles. The summed E-state index contributed by atoms with van der Waals surface area (Å²) in [6, 6.07) is 1.02. The maximum absolute atomic E-state index is 14.5. The van der Waals surface area contributed by atoms with Gasteiger partial charge in [0, 0.05) is 134 Å². The van der Waals surface area contributed by atoms with Gasteiger partial charge in [-0.25, -0.2) is 0 Å². The third-order valence-electron chi connectivity index (χ3n) is 15.4. The number of carbonyl (C=O) groups is 7. The second kappa shape index (κ2) is 26.2. The van der Waals surface area contributed by atoms with Crippen LogP contribution in [0.3, 0.4) is 0 Å². The number of pyridine rings is 1. The van der Waals surface area contributed by atoms with Crippen molar-refractivity contribution >= 4 is 41.4 Å².